The Labute approximate surface area is 117 Å². The maximum atomic E-state index is 9.35. The summed E-state index contributed by atoms with van der Waals surface area (Å²) in [4.78, 5) is 2.00. The van der Waals surface area contributed by atoms with Gasteiger partial charge in [-0.2, -0.15) is 0 Å². The second-order valence-corrected chi connectivity index (χ2v) is 5.69. The molecule has 0 radical (unpaired) electrons. The van der Waals surface area contributed by atoms with Crippen molar-refractivity contribution >= 4 is 39.9 Å². The summed E-state index contributed by atoms with van der Waals surface area (Å²) in [6.07, 6.45) is -0.496. The number of nitrogens with zero attached hydrogens (tertiary/aromatic N) is 1. The molecule has 0 heterocycles. The van der Waals surface area contributed by atoms with Crippen LogP contribution in [0.5, 0.6) is 0 Å². The van der Waals surface area contributed by atoms with Crippen molar-refractivity contribution in [2.24, 2.45) is 0 Å². The molecule has 0 aromatic heterocycles. The van der Waals surface area contributed by atoms with E-state index in [4.69, 9.17) is 23.8 Å². The SMILES string of the molecule is CN(Cc1ccccc1)C(=S)SCC(O)CCl. The Bertz CT molecular complexity index is 348. The Morgan fingerprint density at radius 2 is 2.12 bits per heavy atom. The van der Waals surface area contributed by atoms with Gasteiger partial charge in [-0.15, -0.1) is 11.6 Å². The van der Waals surface area contributed by atoms with Gasteiger partial charge in [0, 0.05) is 25.2 Å². The lowest BCUT2D eigenvalue weighted by Gasteiger charge is -2.20. The molecular formula is C12H16ClNOS2. The van der Waals surface area contributed by atoms with Gasteiger partial charge in [0.1, 0.15) is 4.32 Å². The highest BCUT2D eigenvalue weighted by Gasteiger charge is 2.09. The van der Waals surface area contributed by atoms with Crippen LogP contribution in [0, 0.1) is 0 Å². The molecule has 94 valence electrons. The first-order valence-corrected chi connectivity index (χ1v) is 7.22. The number of aliphatic hydroxyl groups is 1. The zero-order valence-electron chi connectivity index (χ0n) is 9.67. The molecule has 0 aliphatic heterocycles. The van der Waals surface area contributed by atoms with E-state index < -0.39 is 6.10 Å². The van der Waals surface area contributed by atoms with Gasteiger partial charge >= 0.3 is 0 Å². The van der Waals surface area contributed by atoms with Crippen molar-refractivity contribution in [1.29, 1.82) is 0 Å². The Balaban J connectivity index is 2.37. The molecule has 1 aromatic carbocycles. The summed E-state index contributed by atoms with van der Waals surface area (Å²) in [5, 5.41) is 9.35. The van der Waals surface area contributed by atoms with Crippen LogP contribution >= 0.6 is 35.6 Å². The van der Waals surface area contributed by atoms with E-state index in [1.54, 1.807) is 0 Å². The molecule has 0 bridgehead atoms. The maximum absolute atomic E-state index is 9.35. The Morgan fingerprint density at radius 1 is 1.47 bits per heavy atom. The molecule has 1 aromatic rings. The minimum Gasteiger partial charge on any atom is -0.391 e. The second-order valence-electron chi connectivity index (χ2n) is 3.73. The van der Waals surface area contributed by atoms with Crippen LogP contribution in [0.2, 0.25) is 0 Å². The molecule has 0 saturated carbocycles. The zero-order valence-corrected chi connectivity index (χ0v) is 12.1. The molecule has 1 unspecified atom stereocenters. The molecule has 1 N–H and O–H groups in total. The molecule has 2 nitrogen and oxygen atoms in total. The average Bonchev–Trinajstić information content (AvgIpc) is 2.36. The van der Waals surface area contributed by atoms with Crippen molar-refractivity contribution in [1.82, 2.24) is 4.90 Å². The van der Waals surface area contributed by atoms with E-state index in [0.29, 0.717) is 5.75 Å². The van der Waals surface area contributed by atoms with Crippen LogP contribution in [-0.2, 0) is 6.54 Å². The molecule has 17 heavy (non-hydrogen) atoms. The number of rotatable bonds is 5. The van der Waals surface area contributed by atoms with Gasteiger partial charge in [0.2, 0.25) is 0 Å². The monoisotopic (exact) mass is 289 g/mol. The average molecular weight is 290 g/mol. The van der Waals surface area contributed by atoms with Gasteiger partial charge in [0.05, 0.1) is 6.10 Å². The van der Waals surface area contributed by atoms with Crippen molar-refractivity contribution in [3.05, 3.63) is 35.9 Å². The van der Waals surface area contributed by atoms with Crippen LogP contribution in [0.3, 0.4) is 0 Å². The molecule has 0 saturated heterocycles. The number of benzene rings is 1. The van der Waals surface area contributed by atoms with Gasteiger partial charge in [-0.3, -0.25) is 0 Å². The summed E-state index contributed by atoms with van der Waals surface area (Å²) >= 11 is 12.3. The van der Waals surface area contributed by atoms with Crippen LogP contribution in [0.1, 0.15) is 5.56 Å². The van der Waals surface area contributed by atoms with Crippen molar-refractivity contribution in [3.8, 4) is 0 Å². The highest BCUT2D eigenvalue weighted by atomic mass is 35.5. The zero-order chi connectivity index (χ0) is 12.7. The van der Waals surface area contributed by atoms with Crippen LogP contribution in [0.25, 0.3) is 0 Å². The predicted molar refractivity (Wildman–Crippen MR) is 79.7 cm³/mol. The van der Waals surface area contributed by atoms with E-state index in [2.05, 4.69) is 12.1 Å². The first-order valence-electron chi connectivity index (χ1n) is 5.29. The summed E-state index contributed by atoms with van der Waals surface area (Å²) in [6.45, 7) is 0.781. The lowest BCUT2D eigenvalue weighted by Crippen LogP contribution is -2.24. The molecule has 0 aliphatic rings. The van der Waals surface area contributed by atoms with Gasteiger partial charge in [-0.05, 0) is 5.56 Å². The summed E-state index contributed by atoms with van der Waals surface area (Å²) < 4.78 is 0.776. The van der Waals surface area contributed by atoms with Crippen molar-refractivity contribution in [2.45, 2.75) is 12.6 Å². The largest absolute Gasteiger partial charge is 0.391 e. The molecular weight excluding hydrogens is 274 g/mol. The van der Waals surface area contributed by atoms with Gasteiger partial charge < -0.3 is 10.0 Å². The normalized spacial score (nSPS) is 12.2. The highest BCUT2D eigenvalue weighted by Crippen LogP contribution is 2.13. The van der Waals surface area contributed by atoms with E-state index in [-0.39, 0.29) is 5.88 Å². The van der Waals surface area contributed by atoms with Crippen molar-refractivity contribution in [3.63, 3.8) is 0 Å². The minimum atomic E-state index is -0.496. The smallest absolute Gasteiger partial charge is 0.136 e. The third-order valence-corrected chi connectivity index (χ3v) is 4.28. The Hall–Kier alpha value is -0.290. The van der Waals surface area contributed by atoms with Crippen LogP contribution in [0.15, 0.2) is 30.3 Å². The van der Waals surface area contributed by atoms with Gasteiger partial charge in [-0.25, -0.2) is 0 Å². The fourth-order valence-corrected chi connectivity index (χ4v) is 2.49. The standard InChI is InChI=1S/C12H16ClNOS2/c1-14(8-10-5-3-2-4-6-10)12(16)17-9-11(15)7-13/h2-6,11,15H,7-9H2,1H3. The number of halogens is 1. The molecule has 0 aliphatic carbocycles. The first kappa shape index (κ1) is 14.8. The van der Waals surface area contributed by atoms with E-state index in [9.17, 15) is 5.11 Å². The fourth-order valence-electron chi connectivity index (χ4n) is 1.24. The quantitative estimate of drug-likeness (QED) is 0.665. The van der Waals surface area contributed by atoms with Gasteiger partial charge in [0.15, 0.2) is 0 Å². The number of hydrogen-bond donors (Lipinski definition) is 1. The number of thiocarbonyl (C=S) groups is 1. The molecule has 1 rings (SSSR count). The topological polar surface area (TPSA) is 23.5 Å². The van der Waals surface area contributed by atoms with Crippen molar-refractivity contribution in [2.75, 3.05) is 18.7 Å². The van der Waals surface area contributed by atoms with Crippen LogP contribution < -0.4 is 0 Å². The van der Waals surface area contributed by atoms with Crippen LogP contribution in [-0.4, -0.2) is 39.1 Å². The van der Waals surface area contributed by atoms with E-state index in [1.165, 1.54) is 17.3 Å². The summed E-state index contributed by atoms with van der Waals surface area (Å²) in [5.41, 5.74) is 1.22. The third kappa shape index (κ3) is 5.73. The van der Waals surface area contributed by atoms with Gasteiger partial charge in [-0.1, -0.05) is 54.3 Å². The Kier molecular flexibility index (Phi) is 6.89. The molecule has 1 atom stereocenters. The fraction of sp³-hybridized carbons (Fsp3) is 0.417. The van der Waals surface area contributed by atoms with E-state index in [1.807, 2.05) is 30.1 Å². The Morgan fingerprint density at radius 3 is 2.71 bits per heavy atom. The van der Waals surface area contributed by atoms with Crippen LogP contribution in [0.4, 0.5) is 0 Å². The summed E-state index contributed by atoms with van der Waals surface area (Å²) in [5.74, 6) is 0.791. The van der Waals surface area contributed by atoms with E-state index >= 15 is 0 Å². The summed E-state index contributed by atoms with van der Waals surface area (Å²) in [7, 11) is 1.95. The molecule has 0 fully saturated rings. The maximum Gasteiger partial charge on any atom is 0.136 e. The molecule has 5 heteroatoms. The van der Waals surface area contributed by atoms with Gasteiger partial charge in [0.25, 0.3) is 0 Å². The van der Waals surface area contributed by atoms with Crippen molar-refractivity contribution < 1.29 is 5.11 Å². The molecule has 0 amide bonds. The minimum absolute atomic E-state index is 0.248. The number of aliphatic hydroxyl groups excluding tert-OH is 1. The number of alkyl halides is 1. The number of thioether (sulfide) groups is 1. The second kappa shape index (κ2) is 7.93. The summed E-state index contributed by atoms with van der Waals surface area (Å²) in [6, 6.07) is 10.1. The lowest BCUT2D eigenvalue weighted by atomic mass is 10.2. The predicted octanol–water partition coefficient (Wildman–Crippen LogP) is 2.74. The third-order valence-electron chi connectivity index (χ3n) is 2.15. The molecule has 0 spiro atoms. The highest BCUT2D eigenvalue weighted by molar-refractivity contribution is 8.22. The first-order chi connectivity index (χ1) is 8.13. The van der Waals surface area contributed by atoms with E-state index in [0.717, 1.165) is 10.9 Å². The number of hydrogen-bond acceptors (Lipinski definition) is 3. The lowest BCUT2D eigenvalue weighted by molar-refractivity contribution is 0.224.